The Kier molecular flexibility index (Phi) is 15.0. The number of hydrogen-bond acceptors (Lipinski definition) is 5. The van der Waals surface area contributed by atoms with E-state index >= 15 is 0 Å². The van der Waals surface area contributed by atoms with Gasteiger partial charge in [-0.2, -0.15) is 0 Å². The molecule has 0 amide bonds. The van der Waals surface area contributed by atoms with E-state index in [1.54, 1.807) is 12.1 Å². The quantitative estimate of drug-likeness (QED) is 0.163. The smallest absolute Gasteiger partial charge is 0.374 e. The molecule has 0 saturated carbocycles. The SMILES string of the molecule is CCCCCCCCCCCCCCOc1ccc(C(=O)OCCCN2CCCCC2)o1. The Balaban J connectivity index is 1.41. The third-order valence-corrected chi connectivity index (χ3v) is 6.33. The molecule has 1 fully saturated rings. The molecular formula is C27H47NO4. The van der Waals surface area contributed by atoms with Crippen LogP contribution in [0.25, 0.3) is 0 Å². The number of furan rings is 1. The van der Waals surface area contributed by atoms with Gasteiger partial charge >= 0.3 is 5.97 Å². The van der Waals surface area contributed by atoms with E-state index in [0.717, 1.165) is 19.4 Å². The lowest BCUT2D eigenvalue weighted by atomic mass is 10.1. The van der Waals surface area contributed by atoms with Crippen molar-refractivity contribution in [1.82, 2.24) is 4.90 Å². The number of rotatable bonds is 19. The van der Waals surface area contributed by atoms with Gasteiger partial charge in [0.05, 0.1) is 13.2 Å². The number of likely N-dealkylation sites (tertiary alicyclic amines) is 1. The lowest BCUT2D eigenvalue weighted by molar-refractivity contribution is 0.0441. The number of unbranched alkanes of at least 4 members (excludes halogenated alkanes) is 11. The molecule has 0 aliphatic carbocycles. The third kappa shape index (κ3) is 12.5. The summed E-state index contributed by atoms with van der Waals surface area (Å²) in [4.78, 5) is 14.6. The molecule has 2 heterocycles. The molecule has 1 aliphatic heterocycles. The van der Waals surface area contributed by atoms with Gasteiger partial charge in [-0.1, -0.05) is 84.0 Å². The first-order chi connectivity index (χ1) is 15.8. The maximum absolute atomic E-state index is 12.1. The summed E-state index contributed by atoms with van der Waals surface area (Å²) in [5, 5.41) is 0. The Labute approximate surface area is 196 Å². The van der Waals surface area contributed by atoms with Crippen LogP contribution < -0.4 is 4.74 Å². The van der Waals surface area contributed by atoms with Crippen molar-refractivity contribution in [2.75, 3.05) is 32.8 Å². The van der Waals surface area contributed by atoms with E-state index in [4.69, 9.17) is 13.9 Å². The highest BCUT2D eigenvalue weighted by Gasteiger charge is 2.14. The summed E-state index contributed by atoms with van der Waals surface area (Å²) in [6.07, 6.45) is 20.7. The zero-order valence-corrected chi connectivity index (χ0v) is 20.6. The van der Waals surface area contributed by atoms with E-state index in [9.17, 15) is 4.79 Å². The summed E-state index contributed by atoms with van der Waals surface area (Å²) in [6, 6.07) is 3.36. The number of carbonyl (C=O) groups excluding carboxylic acids is 1. The van der Waals surface area contributed by atoms with Gasteiger partial charge in [0.1, 0.15) is 0 Å². The van der Waals surface area contributed by atoms with Gasteiger partial charge in [0.2, 0.25) is 5.76 Å². The van der Waals surface area contributed by atoms with Gasteiger partial charge < -0.3 is 18.8 Å². The molecule has 184 valence electrons. The zero-order valence-electron chi connectivity index (χ0n) is 20.6. The van der Waals surface area contributed by atoms with Crippen LogP contribution in [0.3, 0.4) is 0 Å². The Morgan fingerprint density at radius 2 is 1.44 bits per heavy atom. The number of nitrogens with zero attached hydrogens (tertiary/aromatic N) is 1. The van der Waals surface area contributed by atoms with Crippen LogP contribution in [-0.2, 0) is 4.74 Å². The summed E-state index contributed by atoms with van der Waals surface area (Å²) in [5.74, 6) is 0.241. The Bertz CT molecular complexity index is 580. The standard InChI is InChI=1S/C27H47NO4/c1-2-3-4-5-6-7-8-9-10-11-12-16-23-30-26-19-18-25(32-26)27(29)31-24-17-22-28-20-14-13-15-21-28/h18-19H,2-17,20-24H2,1H3. The summed E-state index contributed by atoms with van der Waals surface area (Å²) >= 11 is 0. The van der Waals surface area contributed by atoms with Crippen molar-refractivity contribution in [2.45, 2.75) is 110 Å². The molecule has 0 unspecified atom stereocenters. The summed E-state index contributed by atoms with van der Waals surface area (Å²) in [7, 11) is 0. The fraction of sp³-hybridized carbons (Fsp3) is 0.815. The fourth-order valence-electron chi connectivity index (χ4n) is 4.33. The van der Waals surface area contributed by atoms with Crippen LogP contribution in [0.2, 0.25) is 0 Å². The number of hydrogen-bond donors (Lipinski definition) is 0. The van der Waals surface area contributed by atoms with Gasteiger partial charge in [-0.25, -0.2) is 4.79 Å². The summed E-state index contributed by atoms with van der Waals surface area (Å²) < 4.78 is 16.5. The lowest BCUT2D eigenvalue weighted by Gasteiger charge is -2.26. The van der Waals surface area contributed by atoms with Crippen LogP contribution in [0.5, 0.6) is 5.95 Å². The predicted octanol–water partition coefficient (Wildman–Crippen LogP) is 7.39. The highest BCUT2D eigenvalue weighted by Crippen LogP contribution is 2.18. The van der Waals surface area contributed by atoms with Gasteiger partial charge in [0.15, 0.2) is 0 Å². The average molecular weight is 450 g/mol. The number of carbonyl (C=O) groups is 1. The van der Waals surface area contributed by atoms with Crippen molar-refractivity contribution in [3.63, 3.8) is 0 Å². The highest BCUT2D eigenvalue weighted by atomic mass is 16.6. The Morgan fingerprint density at radius 3 is 2.09 bits per heavy atom. The first-order valence-electron chi connectivity index (χ1n) is 13.4. The van der Waals surface area contributed by atoms with Crippen LogP contribution in [-0.4, -0.2) is 43.7 Å². The molecule has 5 heteroatoms. The van der Waals surface area contributed by atoms with Crippen LogP contribution in [0.4, 0.5) is 0 Å². The summed E-state index contributed by atoms with van der Waals surface area (Å²) in [5.41, 5.74) is 0. The Hall–Kier alpha value is -1.49. The second-order valence-electron chi connectivity index (χ2n) is 9.25. The monoisotopic (exact) mass is 449 g/mol. The van der Waals surface area contributed by atoms with E-state index < -0.39 is 5.97 Å². The predicted molar refractivity (Wildman–Crippen MR) is 130 cm³/mol. The van der Waals surface area contributed by atoms with Crippen molar-refractivity contribution in [3.8, 4) is 5.95 Å². The van der Waals surface area contributed by atoms with E-state index in [-0.39, 0.29) is 5.76 Å². The maximum Gasteiger partial charge on any atom is 0.374 e. The first-order valence-corrected chi connectivity index (χ1v) is 13.4. The van der Waals surface area contributed by atoms with Gasteiger partial charge in [-0.15, -0.1) is 0 Å². The minimum Gasteiger partial charge on any atom is -0.465 e. The van der Waals surface area contributed by atoms with Crippen LogP contribution in [0.15, 0.2) is 16.5 Å². The second kappa shape index (κ2) is 18.0. The number of esters is 1. The third-order valence-electron chi connectivity index (χ3n) is 6.33. The molecule has 0 spiro atoms. The van der Waals surface area contributed by atoms with Crippen LogP contribution >= 0.6 is 0 Å². The zero-order chi connectivity index (χ0) is 22.7. The normalized spacial score (nSPS) is 14.5. The fourth-order valence-corrected chi connectivity index (χ4v) is 4.33. The van der Waals surface area contributed by atoms with Crippen molar-refractivity contribution < 1.29 is 18.7 Å². The van der Waals surface area contributed by atoms with E-state index in [0.29, 0.717) is 19.2 Å². The molecule has 1 aromatic rings. The molecular weight excluding hydrogens is 402 g/mol. The van der Waals surface area contributed by atoms with Gasteiger partial charge in [0.25, 0.3) is 5.95 Å². The van der Waals surface area contributed by atoms with Crippen molar-refractivity contribution >= 4 is 5.97 Å². The molecule has 1 saturated heterocycles. The molecule has 5 nitrogen and oxygen atoms in total. The Morgan fingerprint density at radius 1 is 0.812 bits per heavy atom. The molecule has 0 atom stereocenters. The van der Waals surface area contributed by atoms with Gasteiger partial charge in [0, 0.05) is 12.6 Å². The molecule has 0 radical (unpaired) electrons. The van der Waals surface area contributed by atoms with Gasteiger partial charge in [-0.05, 0) is 44.8 Å². The van der Waals surface area contributed by atoms with E-state index in [1.165, 1.54) is 103 Å². The number of ether oxygens (including phenoxy) is 2. The van der Waals surface area contributed by atoms with Crippen molar-refractivity contribution in [1.29, 1.82) is 0 Å². The average Bonchev–Trinajstić information content (AvgIpc) is 3.29. The largest absolute Gasteiger partial charge is 0.465 e. The minimum absolute atomic E-state index is 0.229. The van der Waals surface area contributed by atoms with E-state index in [2.05, 4.69) is 11.8 Å². The summed E-state index contributed by atoms with van der Waals surface area (Å²) in [6.45, 7) is 6.68. The van der Waals surface area contributed by atoms with Gasteiger partial charge in [-0.3, -0.25) is 0 Å². The highest BCUT2D eigenvalue weighted by molar-refractivity contribution is 5.86. The lowest BCUT2D eigenvalue weighted by Crippen LogP contribution is -2.31. The number of piperidine rings is 1. The molecule has 0 N–H and O–H groups in total. The van der Waals surface area contributed by atoms with E-state index in [1.807, 2.05) is 0 Å². The molecule has 1 aromatic heterocycles. The first kappa shape index (κ1) is 26.8. The topological polar surface area (TPSA) is 51.9 Å². The van der Waals surface area contributed by atoms with Crippen molar-refractivity contribution in [3.05, 3.63) is 17.9 Å². The molecule has 0 bridgehead atoms. The van der Waals surface area contributed by atoms with Crippen LogP contribution in [0.1, 0.15) is 120 Å². The molecule has 0 aromatic carbocycles. The minimum atomic E-state index is -0.399. The van der Waals surface area contributed by atoms with Crippen molar-refractivity contribution in [2.24, 2.45) is 0 Å². The molecule has 2 rings (SSSR count). The molecule has 1 aliphatic rings. The maximum atomic E-state index is 12.1. The van der Waals surface area contributed by atoms with Crippen LogP contribution in [0, 0.1) is 0 Å². The second-order valence-corrected chi connectivity index (χ2v) is 9.25. The molecule has 32 heavy (non-hydrogen) atoms.